The van der Waals surface area contributed by atoms with Crippen LogP contribution >= 0.6 is 0 Å². The molecule has 2 heterocycles. The molecular weight excluding hydrogens is 359 g/mol. The van der Waals surface area contributed by atoms with E-state index in [1.807, 2.05) is 30.0 Å². The zero-order chi connectivity index (χ0) is 19.7. The predicted octanol–water partition coefficient (Wildman–Crippen LogP) is 3.45. The van der Waals surface area contributed by atoms with Gasteiger partial charge in [0.05, 0.1) is 5.69 Å². The van der Waals surface area contributed by atoms with Gasteiger partial charge in [-0.25, -0.2) is 9.18 Å². The molecule has 2 N–H and O–H groups in total. The highest BCUT2D eigenvalue weighted by Gasteiger charge is 2.28. The number of rotatable bonds is 2. The van der Waals surface area contributed by atoms with Crippen molar-refractivity contribution in [2.24, 2.45) is 0 Å². The molecule has 2 aliphatic heterocycles. The smallest absolute Gasteiger partial charge is 0.322 e. The molecule has 0 bridgehead atoms. The summed E-state index contributed by atoms with van der Waals surface area (Å²) >= 11 is 0. The van der Waals surface area contributed by atoms with Crippen molar-refractivity contribution >= 4 is 29.0 Å². The van der Waals surface area contributed by atoms with E-state index in [1.165, 1.54) is 6.07 Å². The highest BCUT2D eigenvalue weighted by Crippen LogP contribution is 2.27. The van der Waals surface area contributed by atoms with E-state index in [-0.39, 0.29) is 23.8 Å². The minimum atomic E-state index is -0.247. The normalized spacial score (nSPS) is 19.1. The van der Waals surface area contributed by atoms with Crippen molar-refractivity contribution in [1.82, 2.24) is 4.90 Å². The summed E-state index contributed by atoms with van der Waals surface area (Å²) in [5.74, 6) is -0.252. The van der Waals surface area contributed by atoms with Crippen LogP contribution in [0.25, 0.3) is 0 Å². The summed E-state index contributed by atoms with van der Waals surface area (Å²) in [7, 11) is 0. The number of carbonyl (C=O) groups is 2. The van der Waals surface area contributed by atoms with Crippen LogP contribution in [-0.2, 0) is 11.2 Å². The number of para-hydroxylation sites is 1. The van der Waals surface area contributed by atoms with Crippen LogP contribution < -0.4 is 15.5 Å². The molecule has 4 rings (SSSR count). The Bertz CT molecular complexity index is 917. The molecular formula is C21H23FN4O2. The standard InChI is InChI=1S/C21H23FN4O2/c1-14-13-25(19-5-3-2-4-17(19)22)10-11-26(14)21(28)23-16-8-6-15-7-9-20(27)24-18(15)12-16/h2-6,8,12,14H,7,9-11,13H2,1H3,(H,23,28)(H,24,27)/t14-/m0/s1. The Morgan fingerprint density at radius 3 is 2.79 bits per heavy atom. The number of hydrogen-bond acceptors (Lipinski definition) is 3. The lowest BCUT2D eigenvalue weighted by Crippen LogP contribution is -2.55. The minimum absolute atomic E-state index is 0.00568. The Morgan fingerprint density at radius 2 is 2.00 bits per heavy atom. The van der Waals surface area contributed by atoms with Crippen LogP contribution in [0.2, 0.25) is 0 Å². The fourth-order valence-corrected chi connectivity index (χ4v) is 3.83. The maximum Gasteiger partial charge on any atom is 0.322 e. The highest BCUT2D eigenvalue weighted by molar-refractivity contribution is 5.96. The van der Waals surface area contributed by atoms with Gasteiger partial charge in [-0.1, -0.05) is 18.2 Å². The van der Waals surface area contributed by atoms with Crippen molar-refractivity contribution < 1.29 is 14.0 Å². The highest BCUT2D eigenvalue weighted by atomic mass is 19.1. The van der Waals surface area contributed by atoms with Gasteiger partial charge >= 0.3 is 6.03 Å². The van der Waals surface area contributed by atoms with Crippen molar-refractivity contribution in [3.63, 3.8) is 0 Å². The molecule has 6 nitrogen and oxygen atoms in total. The van der Waals surface area contributed by atoms with Gasteiger partial charge in [-0.15, -0.1) is 0 Å². The Labute approximate surface area is 163 Å². The fourth-order valence-electron chi connectivity index (χ4n) is 3.83. The molecule has 7 heteroatoms. The summed E-state index contributed by atoms with van der Waals surface area (Å²) in [6.45, 7) is 3.59. The summed E-state index contributed by atoms with van der Waals surface area (Å²) in [6.07, 6.45) is 1.20. The molecule has 1 fully saturated rings. The van der Waals surface area contributed by atoms with Crippen molar-refractivity contribution in [3.05, 3.63) is 53.8 Å². The van der Waals surface area contributed by atoms with Crippen LogP contribution in [0, 0.1) is 5.82 Å². The van der Waals surface area contributed by atoms with Crippen LogP contribution in [0.5, 0.6) is 0 Å². The SMILES string of the molecule is C[C@H]1CN(c2ccccc2F)CCN1C(=O)Nc1ccc2c(c1)NC(=O)CC2. The van der Waals surface area contributed by atoms with Crippen molar-refractivity contribution in [3.8, 4) is 0 Å². The average Bonchev–Trinajstić information content (AvgIpc) is 2.68. The number of urea groups is 1. The lowest BCUT2D eigenvalue weighted by molar-refractivity contribution is -0.116. The molecule has 3 amide bonds. The second-order valence-corrected chi connectivity index (χ2v) is 7.29. The molecule has 0 aromatic heterocycles. The molecule has 2 aromatic carbocycles. The van der Waals surface area contributed by atoms with E-state index in [1.54, 1.807) is 23.1 Å². The van der Waals surface area contributed by atoms with Gasteiger partial charge < -0.3 is 20.4 Å². The van der Waals surface area contributed by atoms with Crippen LogP contribution in [-0.4, -0.2) is 42.5 Å². The van der Waals surface area contributed by atoms with E-state index in [0.29, 0.717) is 43.9 Å². The van der Waals surface area contributed by atoms with Gasteiger partial charge in [-0.05, 0) is 43.2 Å². The van der Waals surface area contributed by atoms with Gasteiger partial charge in [0.2, 0.25) is 5.91 Å². The molecule has 28 heavy (non-hydrogen) atoms. The second kappa shape index (κ2) is 7.50. The molecule has 0 aliphatic carbocycles. The molecule has 146 valence electrons. The molecule has 0 radical (unpaired) electrons. The minimum Gasteiger partial charge on any atom is -0.365 e. The zero-order valence-corrected chi connectivity index (χ0v) is 15.7. The number of hydrogen-bond donors (Lipinski definition) is 2. The Balaban J connectivity index is 1.41. The van der Waals surface area contributed by atoms with Gasteiger partial charge in [0, 0.05) is 43.5 Å². The van der Waals surface area contributed by atoms with E-state index in [2.05, 4.69) is 10.6 Å². The van der Waals surface area contributed by atoms with E-state index in [0.717, 1.165) is 11.3 Å². The third kappa shape index (κ3) is 3.65. The van der Waals surface area contributed by atoms with E-state index in [4.69, 9.17) is 0 Å². The summed E-state index contributed by atoms with van der Waals surface area (Å²) in [5.41, 5.74) is 3.05. The third-order valence-corrected chi connectivity index (χ3v) is 5.34. The molecule has 0 unspecified atom stereocenters. The lowest BCUT2D eigenvalue weighted by atomic mass is 10.0. The molecule has 2 aliphatic rings. The van der Waals surface area contributed by atoms with Crippen LogP contribution in [0.3, 0.4) is 0 Å². The first-order valence-corrected chi connectivity index (χ1v) is 9.51. The fraction of sp³-hybridized carbons (Fsp3) is 0.333. The van der Waals surface area contributed by atoms with E-state index >= 15 is 0 Å². The number of carbonyl (C=O) groups excluding carboxylic acids is 2. The number of fused-ring (bicyclic) bond motifs is 1. The number of anilines is 3. The number of benzene rings is 2. The van der Waals surface area contributed by atoms with Crippen LogP contribution in [0.15, 0.2) is 42.5 Å². The van der Waals surface area contributed by atoms with E-state index < -0.39 is 0 Å². The molecule has 1 saturated heterocycles. The van der Waals surface area contributed by atoms with Crippen LogP contribution in [0.4, 0.5) is 26.2 Å². The first kappa shape index (κ1) is 18.3. The Hall–Kier alpha value is -3.09. The summed E-state index contributed by atoms with van der Waals surface area (Å²) < 4.78 is 14.0. The number of nitrogens with zero attached hydrogens (tertiary/aromatic N) is 2. The summed E-state index contributed by atoms with van der Waals surface area (Å²) in [6, 6.07) is 12.0. The van der Waals surface area contributed by atoms with Gasteiger partial charge in [0.1, 0.15) is 5.82 Å². The molecule has 2 aromatic rings. The third-order valence-electron chi connectivity index (χ3n) is 5.34. The van der Waals surface area contributed by atoms with Gasteiger partial charge in [-0.3, -0.25) is 4.79 Å². The number of piperazine rings is 1. The molecule has 0 spiro atoms. The maximum absolute atomic E-state index is 14.0. The maximum atomic E-state index is 14.0. The lowest BCUT2D eigenvalue weighted by Gasteiger charge is -2.41. The first-order valence-electron chi connectivity index (χ1n) is 9.51. The summed E-state index contributed by atoms with van der Waals surface area (Å²) in [5, 5.41) is 5.76. The van der Waals surface area contributed by atoms with Crippen LogP contribution in [0.1, 0.15) is 18.9 Å². The number of halogens is 1. The number of aryl methyl sites for hydroxylation is 1. The van der Waals surface area contributed by atoms with Gasteiger partial charge in [0.25, 0.3) is 0 Å². The Morgan fingerprint density at radius 1 is 1.18 bits per heavy atom. The second-order valence-electron chi connectivity index (χ2n) is 7.29. The first-order chi connectivity index (χ1) is 13.5. The summed E-state index contributed by atoms with van der Waals surface area (Å²) in [4.78, 5) is 28.1. The average molecular weight is 382 g/mol. The van der Waals surface area contributed by atoms with E-state index in [9.17, 15) is 14.0 Å². The molecule has 0 saturated carbocycles. The Kier molecular flexibility index (Phi) is 4.90. The van der Waals surface area contributed by atoms with Gasteiger partial charge in [0.15, 0.2) is 0 Å². The van der Waals surface area contributed by atoms with Crippen molar-refractivity contribution in [2.45, 2.75) is 25.8 Å². The predicted molar refractivity (Wildman–Crippen MR) is 107 cm³/mol. The topological polar surface area (TPSA) is 64.7 Å². The monoisotopic (exact) mass is 382 g/mol. The number of amides is 3. The largest absolute Gasteiger partial charge is 0.365 e. The van der Waals surface area contributed by atoms with Crippen molar-refractivity contribution in [1.29, 1.82) is 0 Å². The quantitative estimate of drug-likeness (QED) is 0.836. The van der Waals surface area contributed by atoms with Gasteiger partial charge in [-0.2, -0.15) is 0 Å². The molecule has 1 atom stereocenters. The zero-order valence-electron chi connectivity index (χ0n) is 15.7. The number of nitrogens with one attached hydrogen (secondary N) is 2. The van der Waals surface area contributed by atoms with Crippen molar-refractivity contribution in [2.75, 3.05) is 35.2 Å².